The molecule has 15 heavy (non-hydrogen) atoms. The van der Waals surface area contributed by atoms with E-state index >= 15 is 0 Å². The number of aliphatic hydroxyl groups excluding tert-OH is 1. The van der Waals surface area contributed by atoms with Gasteiger partial charge in [0.25, 0.3) is 0 Å². The quantitative estimate of drug-likeness (QED) is 0.817. The smallest absolute Gasteiger partial charge is 0.130 e. The number of rotatable bonds is 4. The van der Waals surface area contributed by atoms with Gasteiger partial charge in [0, 0.05) is 6.61 Å². The number of hydrogen-bond acceptors (Lipinski definition) is 1. The van der Waals surface area contributed by atoms with Gasteiger partial charge in [0.05, 0.1) is 0 Å². The van der Waals surface area contributed by atoms with Crippen molar-refractivity contribution in [2.24, 2.45) is 0 Å². The summed E-state index contributed by atoms with van der Waals surface area (Å²) in [4.78, 5) is 0. The first-order chi connectivity index (χ1) is 6.95. The Morgan fingerprint density at radius 2 is 2.00 bits per heavy atom. The van der Waals surface area contributed by atoms with Crippen molar-refractivity contribution in [2.45, 2.75) is 32.4 Å². The van der Waals surface area contributed by atoms with Crippen molar-refractivity contribution in [3.63, 3.8) is 0 Å². The highest BCUT2D eigenvalue weighted by atomic mass is 19.1. The Labute approximate surface area is 88.7 Å². The lowest BCUT2D eigenvalue weighted by atomic mass is 9.96. The summed E-state index contributed by atoms with van der Waals surface area (Å²) in [7, 11) is 0. The fourth-order valence-electron chi connectivity index (χ4n) is 1.41. The van der Waals surface area contributed by atoms with Crippen molar-refractivity contribution < 1.29 is 13.9 Å². The molecule has 0 bridgehead atoms. The van der Waals surface area contributed by atoms with Gasteiger partial charge in [-0.2, -0.15) is 0 Å². The summed E-state index contributed by atoms with van der Waals surface area (Å²) in [6.45, 7) is 2.90. The number of alkyl halides is 1. The largest absolute Gasteiger partial charge is 0.396 e. The molecule has 0 saturated heterocycles. The first-order valence-electron chi connectivity index (χ1n) is 5.04. The molecule has 0 saturated carbocycles. The van der Waals surface area contributed by atoms with Crippen LogP contribution >= 0.6 is 0 Å². The summed E-state index contributed by atoms with van der Waals surface area (Å²) in [5.41, 5.74) is -0.522. The van der Waals surface area contributed by atoms with E-state index in [1.54, 1.807) is 0 Å². The lowest BCUT2D eigenvalue weighted by Gasteiger charge is -2.16. The first kappa shape index (κ1) is 12.1. The van der Waals surface area contributed by atoms with E-state index in [4.69, 9.17) is 5.11 Å². The second-order valence-electron chi connectivity index (χ2n) is 4.11. The van der Waals surface area contributed by atoms with Gasteiger partial charge in [-0.3, -0.25) is 0 Å². The van der Waals surface area contributed by atoms with E-state index in [1.807, 2.05) is 0 Å². The van der Waals surface area contributed by atoms with Crippen LogP contribution in [0.1, 0.15) is 31.4 Å². The molecule has 1 aromatic rings. The van der Waals surface area contributed by atoms with Crippen LogP contribution in [0.15, 0.2) is 18.2 Å². The van der Waals surface area contributed by atoms with Crippen LogP contribution in [-0.2, 0) is 12.1 Å². The molecule has 0 amide bonds. The zero-order valence-corrected chi connectivity index (χ0v) is 9.06. The molecule has 1 N–H and O–H groups in total. The van der Waals surface area contributed by atoms with Crippen molar-refractivity contribution >= 4 is 0 Å². The third-order valence-electron chi connectivity index (χ3n) is 2.34. The molecule has 1 rings (SSSR count). The Balaban J connectivity index is 2.95. The van der Waals surface area contributed by atoms with Crippen LogP contribution in [-0.4, -0.2) is 11.7 Å². The van der Waals surface area contributed by atoms with Gasteiger partial charge in [-0.05, 0) is 49.9 Å². The SMILES string of the molecule is CC(C)(F)c1ccc(F)c(CCCO)c1. The number of hydrogen-bond donors (Lipinski definition) is 1. The predicted octanol–water partition coefficient (Wildman–Crippen LogP) is 2.96. The van der Waals surface area contributed by atoms with E-state index in [0.717, 1.165) is 0 Å². The van der Waals surface area contributed by atoms with Crippen LogP contribution < -0.4 is 0 Å². The number of benzene rings is 1. The Kier molecular flexibility index (Phi) is 3.80. The zero-order valence-electron chi connectivity index (χ0n) is 9.06. The Morgan fingerprint density at radius 3 is 2.53 bits per heavy atom. The van der Waals surface area contributed by atoms with Gasteiger partial charge in [-0.1, -0.05) is 6.07 Å². The summed E-state index contributed by atoms with van der Waals surface area (Å²) in [6.07, 6.45) is 0.930. The van der Waals surface area contributed by atoms with Gasteiger partial charge in [0.1, 0.15) is 11.5 Å². The molecule has 1 aromatic carbocycles. The van der Waals surface area contributed by atoms with Crippen molar-refractivity contribution in [1.29, 1.82) is 0 Å². The van der Waals surface area contributed by atoms with Crippen LogP contribution in [0.4, 0.5) is 8.78 Å². The van der Waals surface area contributed by atoms with E-state index in [1.165, 1.54) is 32.0 Å². The topological polar surface area (TPSA) is 20.2 Å². The van der Waals surface area contributed by atoms with Crippen LogP contribution in [0.2, 0.25) is 0 Å². The standard InChI is InChI=1S/C12H16F2O/c1-12(2,14)10-5-6-11(13)9(8-10)4-3-7-15/h5-6,8,15H,3-4,7H2,1-2H3. The van der Waals surface area contributed by atoms with Crippen molar-refractivity contribution in [3.8, 4) is 0 Å². The fraction of sp³-hybridized carbons (Fsp3) is 0.500. The lowest BCUT2D eigenvalue weighted by Crippen LogP contribution is -2.10. The molecule has 0 atom stereocenters. The molecule has 0 radical (unpaired) electrons. The van der Waals surface area contributed by atoms with E-state index in [9.17, 15) is 8.78 Å². The lowest BCUT2D eigenvalue weighted by molar-refractivity contribution is 0.221. The highest BCUT2D eigenvalue weighted by molar-refractivity contribution is 5.28. The monoisotopic (exact) mass is 214 g/mol. The van der Waals surface area contributed by atoms with Crippen molar-refractivity contribution in [1.82, 2.24) is 0 Å². The van der Waals surface area contributed by atoms with Crippen LogP contribution in [0.5, 0.6) is 0 Å². The van der Waals surface area contributed by atoms with Gasteiger partial charge in [-0.15, -0.1) is 0 Å². The fourth-order valence-corrected chi connectivity index (χ4v) is 1.41. The zero-order chi connectivity index (χ0) is 11.5. The summed E-state index contributed by atoms with van der Waals surface area (Å²) in [6, 6.07) is 4.27. The van der Waals surface area contributed by atoms with Crippen molar-refractivity contribution in [2.75, 3.05) is 6.61 Å². The molecule has 0 aliphatic heterocycles. The predicted molar refractivity (Wildman–Crippen MR) is 55.9 cm³/mol. The minimum Gasteiger partial charge on any atom is -0.396 e. The first-order valence-corrected chi connectivity index (χ1v) is 5.04. The highest BCUT2D eigenvalue weighted by Crippen LogP contribution is 2.26. The second-order valence-corrected chi connectivity index (χ2v) is 4.11. The molecule has 0 aliphatic rings. The number of aliphatic hydroxyl groups is 1. The third-order valence-corrected chi connectivity index (χ3v) is 2.34. The highest BCUT2D eigenvalue weighted by Gasteiger charge is 2.19. The molecule has 0 unspecified atom stereocenters. The summed E-state index contributed by atoms with van der Waals surface area (Å²) >= 11 is 0. The number of aryl methyl sites for hydroxylation is 1. The maximum atomic E-state index is 13.6. The second kappa shape index (κ2) is 4.71. The molecule has 1 nitrogen and oxygen atoms in total. The van der Waals surface area contributed by atoms with Crippen LogP contribution in [0.3, 0.4) is 0 Å². The Bertz CT molecular complexity index is 329. The molecule has 0 heterocycles. The van der Waals surface area contributed by atoms with Crippen LogP contribution in [0, 0.1) is 5.82 Å². The minimum absolute atomic E-state index is 0.0166. The molecule has 84 valence electrons. The van der Waals surface area contributed by atoms with E-state index in [-0.39, 0.29) is 12.4 Å². The van der Waals surface area contributed by atoms with E-state index < -0.39 is 5.67 Å². The normalized spacial score (nSPS) is 11.8. The van der Waals surface area contributed by atoms with Gasteiger partial charge in [0.15, 0.2) is 0 Å². The molecule has 3 heteroatoms. The number of halogens is 2. The minimum atomic E-state index is -1.46. The maximum Gasteiger partial charge on any atom is 0.130 e. The van der Waals surface area contributed by atoms with Gasteiger partial charge < -0.3 is 5.11 Å². The molecule has 0 aromatic heterocycles. The maximum absolute atomic E-state index is 13.6. The van der Waals surface area contributed by atoms with E-state index in [0.29, 0.717) is 24.0 Å². The summed E-state index contributed by atoms with van der Waals surface area (Å²) in [5.74, 6) is -0.337. The average Bonchev–Trinajstić information content (AvgIpc) is 2.15. The Morgan fingerprint density at radius 1 is 1.33 bits per heavy atom. The molecular formula is C12H16F2O. The molecule has 0 fully saturated rings. The molecule has 0 aliphatic carbocycles. The Hall–Kier alpha value is -0.960. The third kappa shape index (κ3) is 3.27. The van der Waals surface area contributed by atoms with Crippen LogP contribution in [0.25, 0.3) is 0 Å². The van der Waals surface area contributed by atoms with Gasteiger partial charge in [0.2, 0.25) is 0 Å². The summed E-state index contributed by atoms with van der Waals surface area (Å²) in [5, 5.41) is 8.65. The average molecular weight is 214 g/mol. The van der Waals surface area contributed by atoms with Crippen molar-refractivity contribution in [3.05, 3.63) is 35.1 Å². The summed E-state index contributed by atoms with van der Waals surface area (Å²) < 4.78 is 26.9. The van der Waals surface area contributed by atoms with Gasteiger partial charge >= 0.3 is 0 Å². The molecule has 0 spiro atoms. The molecular weight excluding hydrogens is 198 g/mol. The van der Waals surface area contributed by atoms with E-state index in [2.05, 4.69) is 0 Å². The van der Waals surface area contributed by atoms with Gasteiger partial charge in [-0.25, -0.2) is 8.78 Å².